The highest BCUT2D eigenvalue weighted by Gasteiger charge is 2.14. The summed E-state index contributed by atoms with van der Waals surface area (Å²) in [4.78, 5) is 0. The number of rotatable bonds is 0. The normalized spacial score (nSPS) is 31.6. The molecule has 1 fully saturated rings. The third kappa shape index (κ3) is 0.983. The molecule has 0 bridgehead atoms. The second-order valence-electron chi connectivity index (χ2n) is 1.69. The van der Waals surface area contributed by atoms with Gasteiger partial charge in [-0.2, -0.15) is 11.8 Å². The second kappa shape index (κ2) is 1.88. The summed E-state index contributed by atoms with van der Waals surface area (Å²) in [5, 5.41) is 8.88. The van der Waals surface area contributed by atoms with Gasteiger partial charge in [0, 0.05) is 11.5 Å². The van der Waals surface area contributed by atoms with E-state index in [0.29, 0.717) is 0 Å². The maximum absolute atomic E-state index is 8.88. The molecule has 1 rings (SSSR count). The van der Waals surface area contributed by atoms with Gasteiger partial charge in [-0.3, -0.25) is 0 Å². The van der Waals surface area contributed by atoms with Crippen molar-refractivity contribution in [1.29, 1.82) is 0 Å². The first kappa shape index (κ1) is 5.19. The molecule has 0 aliphatic carbocycles. The van der Waals surface area contributed by atoms with Gasteiger partial charge in [0.2, 0.25) is 0 Å². The van der Waals surface area contributed by atoms with Crippen LogP contribution in [0.5, 0.6) is 0 Å². The van der Waals surface area contributed by atoms with Crippen LogP contribution in [0.3, 0.4) is 0 Å². The lowest BCUT2D eigenvalue weighted by Crippen LogP contribution is -2.04. The lowest BCUT2D eigenvalue weighted by atomic mass is 10.2. The van der Waals surface area contributed by atoms with Crippen molar-refractivity contribution in [3.05, 3.63) is 12.2 Å². The Morgan fingerprint density at radius 3 is 2.71 bits per heavy atom. The van der Waals surface area contributed by atoms with E-state index in [0.717, 1.165) is 17.1 Å². The molecule has 0 radical (unpaired) electrons. The molecule has 1 aliphatic heterocycles. The van der Waals surface area contributed by atoms with Gasteiger partial charge < -0.3 is 5.11 Å². The number of aliphatic hydroxyl groups excluding tert-OH is 1. The molecule has 0 saturated carbocycles. The molecule has 0 aromatic rings. The Morgan fingerprint density at radius 2 is 2.57 bits per heavy atom. The molecule has 0 aromatic heterocycles. The van der Waals surface area contributed by atoms with Crippen molar-refractivity contribution < 1.29 is 5.11 Å². The van der Waals surface area contributed by atoms with Crippen molar-refractivity contribution in [2.24, 2.45) is 0 Å². The lowest BCUT2D eigenvalue weighted by Gasteiger charge is -1.95. The highest BCUT2D eigenvalue weighted by atomic mass is 32.2. The molecule has 7 heavy (non-hydrogen) atoms. The SMILES string of the molecule is C=C1CSC[C@H]1O. The molecule has 2 heteroatoms. The molecule has 1 heterocycles. The molecule has 0 aromatic carbocycles. The van der Waals surface area contributed by atoms with Crippen LogP contribution in [0, 0.1) is 0 Å². The van der Waals surface area contributed by atoms with E-state index in [1.807, 2.05) is 0 Å². The summed E-state index contributed by atoms with van der Waals surface area (Å²) >= 11 is 1.74. The molecule has 1 aliphatic rings. The second-order valence-corrected chi connectivity index (χ2v) is 2.72. The summed E-state index contributed by atoms with van der Waals surface area (Å²) in [6.07, 6.45) is -0.218. The summed E-state index contributed by atoms with van der Waals surface area (Å²) in [5.41, 5.74) is 0.977. The van der Waals surface area contributed by atoms with Gasteiger partial charge >= 0.3 is 0 Å². The average Bonchev–Trinajstić information content (AvgIpc) is 1.91. The summed E-state index contributed by atoms with van der Waals surface area (Å²) in [6, 6.07) is 0. The molecule has 0 spiro atoms. The standard InChI is InChI=1S/C5H8OS/c1-4-2-7-3-5(4)6/h5-6H,1-3H2/t5-/m1/s1. The fourth-order valence-electron chi connectivity index (χ4n) is 0.516. The van der Waals surface area contributed by atoms with Gasteiger partial charge in [-0.05, 0) is 5.57 Å². The molecule has 1 atom stereocenters. The summed E-state index contributed by atoms with van der Waals surface area (Å²) in [6.45, 7) is 3.66. The van der Waals surface area contributed by atoms with Crippen LogP contribution in [0.1, 0.15) is 0 Å². The Labute approximate surface area is 47.4 Å². The number of hydrogen-bond acceptors (Lipinski definition) is 2. The Hall–Kier alpha value is 0.0500. The highest BCUT2D eigenvalue weighted by molar-refractivity contribution is 7.99. The van der Waals surface area contributed by atoms with Crippen LogP contribution in [0.15, 0.2) is 12.2 Å². The van der Waals surface area contributed by atoms with Gasteiger partial charge in [0.25, 0.3) is 0 Å². The van der Waals surface area contributed by atoms with Gasteiger partial charge in [-0.25, -0.2) is 0 Å². The molecule has 1 N–H and O–H groups in total. The molecule has 0 amide bonds. The quantitative estimate of drug-likeness (QED) is 0.469. The summed E-state index contributed by atoms with van der Waals surface area (Å²) < 4.78 is 0. The fraction of sp³-hybridized carbons (Fsp3) is 0.600. The lowest BCUT2D eigenvalue weighted by molar-refractivity contribution is 0.241. The first-order valence-electron chi connectivity index (χ1n) is 2.24. The van der Waals surface area contributed by atoms with E-state index in [9.17, 15) is 0 Å². The largest absolute Gasteiger partial charge is 0.388 e. The van der Waals surface area contributed by atoms with E-state index in [1.54, 1.807) is 11.8 Å². The van der Waals surface area contributed by atoms with Crippen LogP contribution in [0.2, 0.25) is 0 Å². The van der Waals surface area contributed by atoms with E-state index in [-0.39, 0.29) is 6.10 Å². The molecule has 0 unspecified atom stereocenters. The van der Waals surface area contributed by atoms with Crippen LogP contribution in [-0.2, 0) is 0 Å². The molecular weight excluding hydrogens is 108 g/mol. The number of thioether (sulfide) groups is 1. The third-order valence-electron chi connectivity index (χ3n) is 1.03. The molecule has 40 valence electrons. The highest BCUT2D eigenvalue weighted by Crippen LogP contribution is 2.20. The Bertz CT molecular complexity index is 90.1. The van der Waals surface area contributed by atoms with Crippen molar-refractivity contribution in [2.75, 3.05) is 11.5 Å². The summed E-state index contributed by atoms with van der Waals surface area (Å²) in [5.74, 6) is 1.79. The van der Waals surface area contributed by atoms with Crippen LogP contribution < -0.4 is 0 Å². The van der Waals surface area contributed by atoms with Crippen LogP contribution in [-0.4, -0.2) is 22.7 Å². The van der Waals surface area contributed by atoms with E-state index >= 15 is 0 Å². The molecule has 1 saturated heterocycles. The topological polar surface area (TPSA) is 20.2 Å². The predicted octanol–water partition coefficient (Wildman–Crippen LogP) is 0.650. The maximum Gasteiger partial charge on any atom is 0.0846 e. The first-order valence-corrected chi connectivity index (χ1v) is 3.39. The molecule has 1 nitrogen and oxygen atoms in total. The Morgan fingerprint density at radius 1 is 1.86 bits per heavy atom. The maximum atomic E-state index is 8.88. The Balaban J connectivity index is 2.48. The van der Waals surface area contributed by atoms with E-state index in [1.165, 1.54) is 0 Å². The smallest absolute Gasteiger partial charge is 0.0846 e. The monoisotopic (exact) mass is 116 g/mol. The van der Waals surface area contributed by atoms with Crippen LogP contribution in [0.4, 0.5) is 0 Å². The van der Waals surface area contributed by atoms with E-state index in [4.69, 9.17) is 5.11 Å². The Kier molecular flexibility index (Phi) is 1.40. The van der Waals surface area contributed by atoms with E-state index < -0.39 is 0 Å². The zero-order valence-corrected chi connectivity index (χ0v) is 4.87. The van der Waals surface area contributed by atoms with Gasteiger partial charge in [-0.15, -0.1) is 0 Å². The van der Waals surface area contributed by atoms with E-state index in [2.05, 4.69) is 6.58 Å². The van der Waals surface area contributed by atoms with Gasteiger partial charge in [0.1, 0.15) is 0 Å². The predicted molar refractivity (Wildman–Crippen MR) is 32.5 cm³/mol. The van der Waals surface area contributed by atoms with Crippen LogP contribution >= 0.6 is 11.8 Å². The third-order valence-corrected chi connectivity index (χ3v) is 2.16. The van der Waals surface area contributed by atoms with Crippen molar-refractivity contribution in [3.63, 3.8) is 0 Å². The minimum absolute atomic E-state index is 0.218. The minimum atomic E-state index is -0.218. The fourth-order valence-corrected chi connectivity index (χ4v) is 1.55. The average molecular weight is 116 g/mol. The minimum Gasteiger partial charge on any atom is -0.388 e. The van der Waals surface area contributed by atoms with Crippen molar-refractivity contribution in [1.82, 2.24) is 0 Å². The number of aliphatic hydroxyl groups is 1. The summed E-state index contributed by atoms with van der Waals surface area (Å²) in [7, 11) is 0. The zero-order valence-electron chi connectivity index (χ0n) is 4.05. The molecular formula is C5H8OS. The van der Waals surface area contributed by atoms with Crippen molar-refractivity contribution >= 4 is 11.8 Å². The van der Waals surface area contributed by atoms with Crippen molar-refractivity contribution in [2.45, 2.75) is 6.10 Å². The zero-order chi connectivity index (χ0) is 5.28. The van der Waals surface area contributed by atoms with Gasteiger partial charge in [-0.1, -0.05) is 6.58 Å². The number of hydrogen-bond donors (Lipinski definition) is 1. The first-order chi connectivity index (χ1) is 3.30. The van der Waals surface area contributed by atoms with Gasteiger partial charge in [0.15, 0.2) is 0 Å². The van der Waals surface area contributed by atoms with Crippen LogP contribution in [0.25, 0.3) is 0 Å². The van der Waals surface area contributed by atoms with Crippen molar-refractivity contribution in [3.8, 4) is 0 Å². The van der Waals surface area contributed by atoms with Gasteiger partial charge in [0.05, 0.1) is 6.10 Å².